The number of nitrogens with zero attached hydrogens (tertiary/aromatic N) is 2. The van der Waals surface area contributed by atoms with Crippen molar-refractivity contribution in [1.82, 2.24) is 15.1 Å². The van der Waals surface area contributed by atoms with Crippen LogP contribution < -0.4 is 5.32 Å². The zero-order valence-electron chi connectivity index (χ0n) is 11.1. The van der Waals surface area contributed by atoms with Crippen molar-refractivity contribution in [2.24, 2.45) is 13.0 Å². The molecule has 0 bridgehead atoms. The molecule has 1 atom stereocenters. The highest BCUT2D eigenvalue weighted by Gasteiger charge is 2.14. The molecule has 0 spiro atoms. The first-order chi connectivity index (χ1) is 8.19. The van der Waals surface area contributed by atoms with Crippen LogP contribution in [0.1, 0.15) is 32.4 Å². The Bertz CT molecular complexity index is 307. The lowest BCUT2D eigenvalue weighted by Crippen LogP contribution is -2.30. The summed E-state index contributed by atoms with van der Waals surface area (Å²) in [5.74, 6) is 0.626. The predicted molar refractivity (Wildman–Crippen MR) is 73.5 cm³/mol. The average Bonchev–Trinajstić information content (AvgIpc) is 2.72. The van der Waals surface area contributed by atoms with E-state index in [1.54, 1.807) is 0 Å². The molecule has 0 aliphatic heterocycles. The van der Waals surface area contributed by atoms with Gasteiger partial charge in [0, 0.05) is 43.8 Å². The second-order valence-electron chi connectivity index (χ2n) is 4.49. The van der Waals surface area contributed by atoms with Crippen molar-refractivity contribution in [2.75, 3.05) is 13.1 Å². The Labute approximate surface area is 110 Å². The number of halogens is 1. The first kappa shape index (κ1) is 14.5. The van der Waals surface area contributed by atoms with E-state index in [9.17, 15) is 0 Å². The van der Waals surface area contributed by atoms with Gasteiger partial charge in [0.15, 0.2) is 0 Å². The van der Waals surface area contributed by atoms with Gasteiger partial charge in [-0.05, 0) is 12.0 Å². The van der Waals surface area contributed by atoms with Crippen LogP contribution in [0.2, 0.25) is 0 Å². The van der Waals surface area contributed by atoms with Crippen molar-refractivity contribution >= 4 is 11.6 Å². The van der Waals surface area contributed by atoms with Crippen molar-refractivity contribution in [2.45, 2.75) is 38.5 Å². The van der Waals surface area contributed by atoms with E-state index in [0.29, 0.717) is 5.92 Å². The Morgan fingerprint density at radius 3 is 2.65 bits per heavy atom. The normalized spacial score (nSPS) is 13.2. The van der Waals surface area contributed by atoms with Crippen LogP contribution in [0, 0.1) is 5.92 Å². The van der Waals surface area contributed by atoms with Gasteiger partial charge in [0.25, 0.3) is 0 Å². The van der Waals surface area contributed by atoms with Crippen molar-refractivity contribution in [3.8, 4) is 0 Å². The maximum atomic E-state index is 6.36. The number of hydrogen-bond acceptors (Lipinski definition) is 2. The molecule has 1 N–H and O–H groups in total. The minimum absolute atomic E-state index is 0.247. The van der Waals surface area contributed by atoms with Gasteiger partial charge in [-0.1, -0.05) is 26.7 Å². The van der Waals surface area contributed by atoms with Crippen LogP contribution in [0.3, 0.4) is 0 Å². The fourth-order valence-corrected chi connectivity index (χ4v) is 2.54. The minimum Gasteiger partial charge on any atom is -0.315 e. The molecule has 0 saturated carbocycles. The first-order valence-corrected chi connectivity index (χ1v) is 6.94. The SMILES string of the molecule is CCC(CC)C(Cl)CNCCc1ccnn1C. The number of nitrogens with one attached hydrogen (secondary N) is 1. The zero-order valence-corrected chi connectivity index (χ0v) is 11.9. The van der Waals surface area contributed by atoms with Gasteiger partial charge in [0.05, 0.1) is 0 Å². The van der Waals surface area contributed by atoms with Crippen molar-refractivity contribution < 1.29 is 0 Å². The van der Waals surface area contributed by atoms with Gasteiger partial charge in [-0.3, -0.25) is 4.68 Å². The molecular weight excluding hydrogens is 234 g/mol. The van der Waals surface area contributed by atoms with Gasteiger partial charge in [-0.15, -0.1) is 11.6 Å². The number of hydrogen-bond donors (Lipinski definition) is 1. The lowest BCUT2D eigenvalue weighted by Gasteiger charge is -2.19. The molecule has 0 aromatic carbocycles. The van der Waals surface area contributed by atoms with Gasteiger partial charge in [-0.25, -0.2) is 0 Å². The van der Waals surface area contributed by atoms with Gasteiger partial charge >= 0.3 is 0 Å². The predicted octanol–water partition coefficient (Wildman–Crippen LogP) is 2.60. The van der Waals surface area contributed by atoms with E-state index in [1.165, 1.54) is 5.69 Å². The topological polar surface area (TPSA) is 29.9 Å². The molecule has 0 aliphatic carbocycles. The summed E-state index contributed by atoms with van der Waals surface area (Å²) >= 11 is 6.36. The monoisotopic (exact) mass is 257 g/mol. The summed E-state index contributed by atoms with van der Waals surface area (Å²) in [4.78, 5) is 0. The van der Waals surface area contributed by atoms with Crippen molar-refractivity contribution in [1.29, 1.82) is 0 Å². The molecule has 98 valence electrons. The van der Waals surface area contributed by atoms with Crippen LogP contribution in [-0.2, 0) is 13.5 Å². The standard InChI is InChI=1S/C13H24ClN3/c1-4-11(5-2)13(14)10-15-8-6-12-7-9-16-17(12)3/h7,9,11,13,15H,4-6,8,10H2,1-3H3. The summed E-state index contributed by atoms with van der Waals surface area (Å²) in [6, 6.07) is 2.06. The van der Waals surface area contributed by atoms with E-state index in [4.69, 9.17) is 11.6 Å². The molecule has 17 heavy (non-hydrogen) atoms. The lowest BCUT2D eigenvalue weighted by atomic mass is 9.99. The van der Waals surface area contributed by atoms with E-state index in [2.05, 4.69) is 30.3 Å². The molecule has 4 heteroatoms. The molecule has 0 radical (unpaired) electrons. The van der Waals surface area contributed by atoms with E-state index >= 15 is 0 Å². The molecule has 0 fully saturated rings. The molecule has 1 heterocycles. The fourth-order valence-electron chi connectivity index (χ4n) is 2.07. The van der Waals surface area contributed by atoms with Crippen molar-refractivity contribution in [3.63, 3.8) is 0 Å². The van der Waals surface area contributed by atoms with Crippen LogP contribution in [-0.4, -0.2) is 28.2 Å². The summed E-state index contributed by atoms with van der Waals surface area (Å²) in [5, 5.41) is 7.82. The smallest absolute Gasteiger partial charge is 0.0492 e. The highest BCUT2D eigenvalue weighted by Crippen LogP contribution is 2.17. The van der Waals surface area contributed by atoms with Gasteiger partial charge in [0.2, 0.25) is 0 Å². The Morgan fingerprint density at radius 2 is 2.12 bits per heavy atom. The average molecular weight is 258 g/mol. The van der Waals surface area contributed by atoms with E-state index in [1.807, 2.05) is 17.9 Å². The van der Waals surface area contributed by atoms with Gasteiger partial charge in [0.1, 0.15) is 0 Å². The van der Waals surface area contributed by atoms with Crippen LogP contribution in [0.5, 0.6) is 0 Å². The second kappa shape index (κ2) is 7.72. The molecule has 1 unspecified atom stereocenters. The zero-order chi connectivity index (χ0) is 12.7. The van der Waals surface area contributed by atoms with Crippen LogP contribution in [0.4, 0.5) is 0 Å². The van der Waals surface area contributed by atoms with Gasteiger partial charge < -0.3 is 5.32 Å². The largest absolute Gasteiger partial charge is 0.315 e. The van der Waals surface area contributed by atoms with Crippen LogP contribution in [0.25, 0.3) is 0 Å². The Kier molecular flexibility index (Phi) is 6.60. The Morgan fingerprint density at radius 1 is 1.41 bits per heavy atom. The molecule has 3 nitrogen and oxygen atoms in total. The summed E-state index contributed by atoms with van der Waals surface area (Å²) < 4.78 is 1.92. The maximum Gasteiger partial charge on any atom is 0.0492 e. The number of aromatic nitrogens is 2. The third-order valence-electron chi connectivity index (χ3n) is 3.38. The highest BCUT2D eigenvalue weighted by atomic mass is 35.5. The summed E-state index contributed by atoms with van der Waals surface area (Å²) in [5.41, 5.74) is 1.26. The lowest BCUT2D eigenvalue weighted by molar-refractivity contribution is 0.446. The van der Waals surface area contributed by atoms with E-state index in [-0.39, 0.29) is 5.38 Å². The molecule has 0 amide bonds. The maximum absolute atomic E-state index is 6.36. The van der Waals surface area contributed by atoms with Crippen LogP contribution in [0.15, 0.2) is 12.3 Å². The number of aryl methyl sites for hydroxylation is 1. The Hall–Kier alpha value is -0.540. The van der Waals surface area contributed by atoms with Crippen molar-refractivity contribution in [3.05, 3.63) is 18.0 Å². The van der Waals surface area contributed by atoms with Crippen LogP contribution >= 0.6 is 11.6 Å². The Balaban J connectivity index is 2.18. The minimum atomic E-state index is 0.247. The molecule has 0 aliphatic rings. The summed E-state index contributed by atoms with van der Waals surface area (Å²) in [6.45, 7) is 6.27. The molecule has 1 rings (SSSR count). The third kappa shape index (κ3) is 4.68. The second-order valence-corrected chi connectivity index (χ2v) is 5.05. The first-order valence-electron chi connectivity index (χ1n) is 6.50. The fraction of sp³-hybridized carbons (Fsp3) is 0.769. The van der Waals surface area contributed by atoms with Gasteiger partial charge in [-0.2, -0.15) is 5.10 Å². The summed E-state index contributed by atoms with van der Waals surface area (Å²) in [6.07, 6.45) is 5.16. The molecular formula is C13H24ClN3. The number of alkyl halides is 1. The molecule has 1 aromatic rings. The summed E-state index contributed by atoms with van der Waals surface area (Å²) in [7, 11) is 1.98. The molecule has 0 saturated heterocycles. The van der Waals surface area contributed by atoms with E-state index in [0.717, 1.165) is 32.4 Å². The number of rotatable bonds is 8. The third-order valence-corrected chi connectivity index (χ3v) is 3.89. The quantitative estimate of drug-likeness (QED) is 0.573. The highest BCUT2D eigenvalue weighted by molar-refractivity contribution is 6.21. The van der Waals surface area contributed by atoms with E-state index < -0.39 is 0 Å². The molecule has 1 aromatic heterocycles.